The summed E-state index contributed by atoms with van der Waals surface area (Å²) in [5, 5.41) is 0. The first-order chi connectivity index (χ1) is 8.74. The van der Waals surface area contributed by atoms with E-state index in [0.29, 0.717) is 32.1 Å². The van der Waals surface area contributed by atoms with Gasteiger partial charge >= 0.3 is 0 Å². The Hall–Kier alpha value is -1.59. The van der Waals surface area contributed by atoms with Crippen LogP contribution in [0.5, 0.6) is 0 Å². The van der Waals surface area contributed by atoms with E-state index in [-0.39, 0.29) is 5.91 Å². The maximum absolute atomic E-state index is 12.3. The Morgan fingerprint density at radius 1 is 1.44 bits per heavy atom. The van der Waals surface area contributed by atoms with Crippen molar-refractivity contribution in [3.63, 3.8) is 0 Å². The van der Waals surface area contributed by atoms with Crippen molar-refractivity contribution in [1.29, 1.82) is 0 Å². The number of nitrogen functional groups attached to an aromatic ring is 1. The molecule has 1 aromatic carbocycles. The molecule has 1 aliphatic heterocycles. The summed E-state index contributed by atoms with van der Waals surface area (Å²) in [7, 11) is 0. The van der Waals surface area contributed by atoms with E-state index in [9.17, 15) is 4.79 Å². The van der Waals surface area contributed by atoms with Crippen molar-refractivity contribution < 1.29 is 14.3 Å². The molecule has 5 heteroatoms. The molecule has 1 saturated heterocycles. The smallest absolute Gasteiger partial charge is 0.258 e. The van der Waals surface area contributed by atoms with Gasteiger partial charge in [-0.3, -0.25) is 4.79 Å². The zero-order valence-electron chi connectivity index (χ0n) is 10.5. The number of anilines is 2. The van der Waals surface area contributed by atoms with Crippen molar-refractivity contribution in [1.82, 2.24) is 0 Å². The summed E-state index contributed by atoms with van der Waals surface area (Å²) in [6, 6.07) is 7.32. The van der Waals surface area contributed by atoms with Gasteiger partial charge in [0.1, 0.15) is 0 Å². The minimum atomic E-state index is -0.529. The normalized spacial score (nSPS) is 19.5. The van der Waals surface area contributed by atoms with Crippen LogP contribution < -0.4 is 10.6 Å². The Morgan fingerprint density at radius 3 is 2.83 bits per heavy atom. The number of hydrogen-bond acceptors (Lipinski definition) is 4. The lowest BCUT2D eigenvalue weighted by atomic mass is 10.2. The fourth-order valence-corrected chi connectivity index (χ4v) is 1.98. The molecule has 18 heavy (non-hydrogen) atoms. The Bertz CT molecular complexity index is 416. The van der Waals surface area contributed by atoms with E-state index >= 15 is 0 Å². The van der Waals surface area contributed by atoms with Gasteiger partial charge in [0.05, 0.1) is 31.2 Å². The van der Waals surface area contributed by atoms with Crippen molar-refractivity contribution in [3.05, 3.63) is 24.3 Å². The van der Waals surface area contributed by atoms with Gasteiger partial charge in [-0.2, -0.15) is 0 Å². The average molecular weight is 250 g/mol. The summed E-state index contributed by atoms with van der Waals surface area (Å²) < 4.78 is 10.7. The molecule has 1 fully saturated rings. The van der Waals surface area contributed by atoms with E-state index in [1.807, 2.05) is 25.1 Å². The molecule has 1 unspecified atom stereocenters. The molecule has 98 valence electrons. The second-order valence-electron chi connectivity index (χ2n) is 4.08. The van der Waals surface area contributed by atoms with Crippen molar-refractivity contribution in [2.75, 3.05) is 37.0 Å². The predicted molar refractivity (Wildman–Crippen MR) is 69.4 cm³/mol. The van der Waals surface area contributed by atoms with E-state index in [1.165, 1.54) is 0 Å². The van der Waals surface area contributed by atoms with Crippen molar-refractivity contribution in [2.45, 2.75) is 13.0 Å². The van der Waals surface area contributed by atoms with Crippen LogP contribution in [0, 0.1) is 0 Å². The molecule has 5 nitrogen and oxygen atoms in total. The number of hydrogen-bond donors (Lipinski definition) is 1. The third-order valence-corrected chi connectivity index (χ3v) is 2.90. The van der Waals surface area contributed by atoms with E-state index in [0.717, 1.165) is 5.69 Å². The Morgan fingerprint density at radius 2 is 2.22 bits per heavy atom. The van der Waals surface area contributed by atoms with Gasteiger partial charge < -0.3 is 20.1 Å². The highest BCUT2D eigenvalue weighted by atomic mass is 16.6. The lowest BCUT2D eigenvalue weighted by Crippen LogP contribution is -2.45. The van der Waals surface area contributed by atoms with Gasteiger partial charge in [-0.05, 0) is 19.1 Å². The molecular formula is C13H18N2O3. The van der Waals surface area contributed by atoms with Gasteiger partial charge in [-0.25, -0.2) is 0 Å². The molecule has 0 spiro atoms. The first-order valence-corrected chi connectivity index (χ1v) is 6.09. The second-order valence-corrected chi connectivity index (χ2v) is 4.08. The first-order valence-electron chi connectivity index (χ1n) is 6.09. The Kier molecular flexibility index (Phi) is 4.17. The van der Waals surface area contributed by atoms with Gasteiger partial charge in [-0.15, -0.1) is 0 Å². The van der Waals surface area contributed by atoms with E-state index < -0.39 is 6.10 Å². The molecule has 1 atom stereocenters. The number of nitrogens with two attached hydrogens (primary N) is 1. The van der Waals surface area contributed by atoms with Crippen molar-refractivity contribution in [3.8, 4) is 0 Å². The molecular weight excluding hydrogens is 232 g/mol. The van der Waals surface area contributed by atoms with Gasteiger partial charge in [0.15, 0.2) is 6.10 Å². The number of ether oxygens (including phenoxy) is 2. The first kappa shape index (κ1) is 12.9. The van der Waals surface area contributed by atoms with Crippen LogP contribution in [0.25, 0.3) is 0 Å². The Labute approximate surface area is 106 Å². The van der Waals surface area contributed by atoms with Crippen LogP contribution >= 0.6 is 0 Å². The zero-order chi connectivity index (χ0) is 13.0. The third-order valence-electron chi connectivity index (χ3n) is 2.90. The fourth-order valence-electron chi connectivity index (χ4n) is 1.98. The summed E-state index contributed by atoms with van der Waals surface area (Å²) in [5.74, 6) is -0.102. The van der Waals surface area contributed by atoms with E-state index in [1.54, 1.807) is 11.0 Å². The topological polar surface area (TPSA) is 64.8 Å². The lowest BCUT2D eigenvalue weighted by molar-refractivity contribution is -0.144. The van der Waals surface area contributed by atoms with Crippen molar-refractivity contribution in [2.24, 2.45) is 0 Å². The average Bonchev–Trinajstić information content (AvgIpc) is 2.42. The summed E-state index contributed by atoms with van der Waals surface area (Å²) >= 11 is 0. The fraction of sp³-hybridized carbons (Fsp3) is 0.462. The molecule has 1 aromatic rings. The lowest BCUT2D eigenvalue weighted by Gasteiger charge is -2.29. The molecule has 0 saturated carbocycles. The summed E-state index contributed by atoms with van der Waals surface area (Å²) in [6.07, 6.45) is -0.529. The van der Waals surface area contributed by atoms with E-state index in [4.69, 9.17) is 15.2 Å². The molecule has 1 heterocycles. The highest BCUT2D eigenvalue weighted by Crippen LogP contribution is 2.23. The molecule has 0 radical (unpaired) electrons. The number of rotatable bonds is 3. The van der Waals surface area contributed by atoms with Crippen LogP contribution in [0.4, 0.5) is 11.4 Å². The number of nitrogens with zero attached hydrogens (tertiary/aromatic N) is 1. The molecule has 2 N–H and O–H groups in total. The van der Waals surface area contributed by atoms with Crippen molar-refractivity contribution >= 4 is 17.3 Å². The number of carbonyl (C=O) groups excluding carboxylic acids is 1. The summed E-state index contributed by atoms with van der Waals surface area (Å²) in [5.41, 5.74) is 7.21. The molecule has 0 bridgehead atoms. The van der Waals surface area contributed by atoms with Gasteiger partial charge in [0, 0.05) is 6.54 Å². The molecule has 1 amide bonds. The SMILES string of the molecule is CCN(C(=O)C1COCCO1)c1ccccc1N. The summed E-state index contributed by atoms with van der Waals surface area (Å²) in [6.45, 7) is 3.77. The standard InChI is InChI=1S/C13H18N2O3/c1-2-15(11-6-4-3-5-10(11)14)13(16)12-9-17-7-8-18-12/h3-6,12H,2,7-9,14H2,1H3. The van der Waals surface area contributed by atoms with Crippen LogP contribution in [0.1, 0.15) is 6.92 Å². The third kappa shape index (κ3) is 2.63. The largest absolute Gasteiger partial charge is 0.397 e. The maximum Gasteiger partial charge on any atom is 0.258 e. The van der Waals surface area contributed by atoms with Crippen LogP contribution in [0.3, 0.4) is 0 Å². The number of benzene rings is 1. The quantitative estimate of drug-likeness (QED) is 0.814. The zero-order valence-corrected chi connectivity index (χ0v) is 10.5. The number of para-hydroxylation sites is 2. The van der Waals surface area contributed by atoms with Gasteiger partial charge in [0.25, 0.3) is 5.91 Å². The van der Waals surface area contributed by atoms with Crippen LogP contribution in [0.15, 0.2) is 24.3 Å². The number of amides is 1. The summed E-state index contributed by atoms with van der Waals surface area (Å²) in [4.78, 5) is 14.0. The monoisotopic (exact) mass is 250 g/mol. The van der Waals surface area contributed by atoms with Gasteiger partial charge in [0.2, 0.25) is 0 Å². The van der Waals surface area contributed by atoms with Crippen LogP contribution in [-0.4, -0.2) is 38.4 Å². The minimum absolute atomic E-state index is 0.102. The molecule has 0 aromatic heterocycles. The predicted octanol–water partition coefficient (Wildman–Crippen LogP) is 1.04. The number of carbonyl (C=O) groups is 1. The maximum atomic E-state index is 12.3. The van der Waals surface area contributed by atoms with Crippen LogP contribution in [0.2, 0.25) is 0 Å². The Balaban J connectivity index is 2.17. The van der Waals surface area contributed by atoms with Gasteiger partial charge in [-0.1, -0.05) is 12.1 Å². The second kappa shape index (κ2) is 5.84. The molecule has 0 aliphatic carbocycles. The van der Waals surface area contributed by atoms with Crippen LogP contribution in [-0.2, 0) is 14.3 Å². The van der Waals surface area contributed by atoms with E-state index in [2.05, 4.69) is 0 Å². The molecule has 2 rings (SSSR count). The highest BCUT2D eigenvalue weighted by molar-refractivity contribution is 5.99. The number of likely N-dealkylation sites (N-methyl/N-ethyl adjacent to an activating group) is 1. The highest BCUT2D eigenvalue weighted by Gasteiger charge is 2.28. The molecule has 1 aliphatic rings. The minimum Gasteiger partial charge on any atom is -0.397 e.